The summed E-state index contributed by atoms with van der Waals surface area (Å²) in [5.41, 5.74) is 0.987. The maximum absolute atomic E-state index is 11.3. The molecule has 0 unspecified atom stereocenters. The molecule has 4 rings (SSSR count). The van der Waals surface area contributed by atoms with Gasteiger partial charge in [-0.3, -0.25) is 4.57 Å². The summed E-state index contributed by atoms with van der Waals surface area (Å²) in [5, 5.41) is 0.258. The van der Waals surface area contributed by atoms with Gasteiger partial charge in [-0.05, 0) is 13.8 Å². The number of ether oxygens (including phenoxy) is 3. The number of carbonyl (C=O) groups is 1. The molecule has 116 valence electrons. The maximum atomic E-state index is 11.3. The van der Waals surface area contributed by atoms with Crippen molar-refractivity contribution in [3.8, 4) is 0 Å². The van der Waals surface area contributed by atoms with Crippen LogP contribution in [0.3, 0.4) is 0 Å². The highest BCUT2D eigenvalue weighted by Gasteiger charge is 2.56. The van der Waals surface area contributed by atoms with Gasteiger partial charge in [0.25, 0.3) is 0 Å². The molecule has 0 amide bonds. The summed E-state index contributed by atoms with van der Waals surface area (Å²) in [5.74, 6) is -0.776. The predicted molar refractivity (Wildman–Crippen MR) is 74.1 cm³/mol. The third-order valence-corrected chi connectivity index (χ3v) is 4.06. The van der Waals surface area contributed by atoms with E-state index in [1.54, 1.807) is 24.7 Å². The standard InChI is InChI=1S/C13H13ClN4O4/c1-13(2)21-8-6(3-19)20-12(9(8)22-13)18-5-17-7-10(14)15-4-16-11(7)18/h3-6,8-9,12H,1-2H3/t6-,8-,9-,12-/m1/s1. The van der Waals surface area contributed by atoms with Gasteiger partial charge in [0.1, 0.15) is 30.2 Å². The first kappa shape index (κ1) is 14.0. The zero-order valence-electron chi connectivity index (χ0n) is 11.8. The smallest absolute Gasteiger partial charge is 0.167 e. The Morgan fingerprint density at radius 2 is 2.05 bits per heavy atom. The van der Waals surface area contributed by atoms with E-state index in [0.717, 1.165) is 6.29 Å². The molecule has 0 spiro atoms. The minimum atomic E-state index is -0.776. The molecule has 4 atom stereocenters. The monoisotopic (exact) mass is 324 g/mol. The number of hydrogen-bond acceptors (Lipinski definition) is 7. The third kappa shape index (κ3) is 1.95. The predicted octanol–water partition coefficient (Wildman–Crippen LogP) is 1.10. The van der Waals surface area contributed by atoms with E-state index in [9.17, 15) is 4.79 Å². The molecule has 0 bridgehead atoms. The average Bonchev–Trinajstić information content (AvgIpc) is 3.10. The van der Waals surface area contributed by atoms with Gasteiger partial charge in [-0.2, -0.15) is 0 Å². The third-order valence-electron chi connectivity index (χ3n) is 3.79. The molecule has 22 heavy (non-hydrogen) atoms. The van der Waals surface area contributed by atoms with Crippen LogP contribution < -0.4 is 0 Å². The van der Waals surface area contributed by atoms with Gasteiger partial charge < -0.3 is 19.0 Å². The van der Waals surface area contributed by atoms with E-state index in [1.165, 1.54) is 6.33 Å². The lowest BCUT2D eigenvalue weighted by atomic mass is 10.1. The number of rotatable bonds is 2. The lowest BCUT2D eigenvalue weighted by Gasteiger charge is -2.23. The van der Waals surface area contributed by atoms with E-state index in [0.29, 0.717) is 11.2 Å². The molecule has 9 heteroatoms. The van der Waals surface area contributed by atoms with Crippen LogP contribution in [0.2, 0.25) is 5.15 Å². The van der Waals surface area contributed by atoms with Crippen molar-refractivity contribution in [1.82, 2.24) is 19.5 Å². The molecule has 2 aromatic rings. The van der Waals surface area contributed by atoms with Gasteiger partial charge in [0.15, 0.2) is 29.1 Å². The fourth-order valence-corrected chi connectivity index (χ4v) is 3.13. The van der Waals surface area contributed by atoms with Gasteiger partial charge in [0, 0.05) is 0 Å². The Balaban J connectivity index is 1.78. The topological polar surface area (TPSA) is 88.4 Å². The molecule has 2 fully saturated rings. The minimum absolute atomic E-state index is 0.258. The van der Waals surface area contributed by atoms with Crippen LogP contribution in [-0.2, 0) is 19.0 Å². The Morgan fingerprint density at radius 1 is 1.27 bits per heavy atom. The minimum Gasteiger partial charge on any atom is -0.341 e. The summed E-state index contributed by atoms with van der Waals surface area (Å²) in [6.07, 6.45) is 1.45. The summed E-state index contributed by atoms with van der Waals surface area (Å²) < 4.78 is 19.1. The number of hydrogen-bond donors (Lipinski definition) is 0. The molecule has 0 radical (unpaired) electrons. The lowest BCUT2D eigenvalue weighted by molar-refractivity contribution is -0.194. The van der Waals surface area contributed by atoms with Crippen molar-refractivity contribution in [3.63, 3.8) is 0 Å². The molecule has 2 aliphatic rings. The zero-order chi connectivity index (χ0) is 15.5. The fourth-order valence-electron chi connectivity index (χ4n) is 2.95. The molecule has 2 aliphatic heterocycles. The number of halogens is 1. The van der Waals surface area contributed by atoms with Crippen molar-refractivity contribution < 1.29 is 19.0 Å². The first-order chi connectivity index (χ1) is 10.5. The largest absolute Gasteiger partial charge is 0.341 e. The van der Waals surface area contributed by atoms with Gasteiger partial charge >= 0.3 is 0 Å². The molecular formula is C13H13ClN4O4. The van der Waals surface area contributed by atoms with Crippen molar-refractivity contribution in [2.75, 3.05) is 0 Å². The molecule has 0 aromatic carbocycles. The Bertz CT molecular complexity index is 749. The summed E-state index contributed by atoms with van der Waals surface area (Å²) >= 11 is 6.01. The summed E-state index contributed by atoms with van der Waals surface area (Å²) in [6.45, 7) is 3.60. The number of aromatic nitrogens is 4. The average molecular weight is 325 g/mol. The van der Waals surface area contributed by atoms with E-state index in [4.69, 9.17) is 25.8 Å². The van der Waals surface area contributed by atoms with Gasteiger partial charge in [-0.15, -0.1) is 0 Å². The van der Waals surface area contributed by atoms with Crippen LogP contribution in [0.5, 0.6) is 0 Å². The fraction of sp³-hybridized carbons (Fsp3) is 0.538. The highest BCUT2D eigenvalue weighted by molar-refractivity contribution is 6.33. The second-order valence-corrected chi connectivity index (χ2v) is 6.04. The molecule has 8 nitrogen and oxygen atoms in total. The summed E-state index contributed by atoms with van der Waals surface area (Å²) in [7, 11) is 0. The van der Waals surface area contributed by atoms with Crippen LogP contribution in [0, 0.1) is 0 Å². The second kappa shape index (κ2) is 4.69. The van der Waals surface area contributed by atoms with Crippen LogP contribution in [0.4, 0.5) is 0 Å². The van der Waals surface area contributed by atoms with E-state index in [1.807, 2.05) is 0 Å². The van der Waals surface area contributed by atoms with E-state index in [2.05, 4.69) is 15.0 Å². The number of nitrogens with zero attached hydrogens (tertiary/aromatic N) is 4. The molecule has 0 N–H and O–H groups in total. The molecular weight excluding hydrogens is 312 g/mol. The van der Waals surface area contributed by atoms with E-state index < -0.39 is 30.3 Å². The van der Waals surface area contributed by atoms with Gasteiger partial charge in [0.2, 0.25) is 0 Å². The van der Waals surface area contributed by atoms with Crippen molar-refractivity contribution in [2.45, 2.75) is 44.2 Å². The molecule has 2 saturated heterocycles. The van der Waals surface area contributed by atoms with Crippen molar-refractivity contribution >= 4 is 29.1 Å². The van der Waals surface area contributed by atoms with Crippen LogP contribution in [0.15, 0.2) is 12.7 Å². The quantitative estimate of drug-likeness (QED) is 0.603. The molecule has 0 saturated carbocycles. The van der Waals surface area contributed by atoms with Crippen LogP contribution in [0.25, 0.3) is 11.2 Å². The first-order valence-corrected chi connectivity index (χ1v) is 7.17. The van der Waals surface area contributed by atoms with Gasteiger partial charge in [-0.1, -0.05) is 11.6 Å². The summed E-state index contributed by atoms with van der Waals surface area (Å²) in [6, 6.07) is 0. The number of fused-ring (bicyclic) bond motifs is 2. The van der Waals surface area contributed by atoms with Crippen molar-refractivity contribution in [2.24, 2.45) is 0 Å². The maximum Gasteiger partial charge on any atom is 0.167 e. The van der Waals surface area contributed by atoms with E-state index in [-0.39, 0.29) is 5.15 Å². The Labute approximate surface area is 130 Å². The lowest BCUT2D eigenvalue weighted by Crippen LogP contribution is -2.30. The molecule has 2 aromatic heterocycles. The Kier molecular flexibility index (Phi) is 2.99. The van der Waals surface area contributed by atoms with Gasteiger partial charge in [0.05, 0.1) is 6.33 Å². The second-order valence-electron chi connectivity index (χ2n) is 5.68. The number of imidazole rings is 1. The summed E-state index contributed by atoms with van der Waals surface area (Å²) in [4.78, 5) is 23.5. The van der Waals surface area contributed by atoms with E-state index >= 15 is 0 Å². The normalized spacial score (nSPS) is 33.2. The van der Waals surface area contributed by atoms with Gasteiger partial charge in [-0.25, -0.2) is 15.0 Å². The van der Waals surface area contributed by atoms with Crippen LogP contribution in [0.1, 0.15) is 20.1 Å². The highest BCUT2D eigenvalue weighted by atomic mass is 35.5. The Morgan fingerprint density at radius 3 is 2.82 bits per heavy atom. The van der Waals surface area contributed by atoms with Crippen molar-refractivity contribution in [1.29, 1.82) is 0 Å². The SMILES string of the molecule is CC1(C)O[C@@H]2[C@H](O1)[C@@H](C=O)O[C@H]2n1cnc2c(Cl)ncnc21. The number of aldehydes is 1. The highest BCUT2D eigenvalue weighted by Crippen LogP contribution is 2.43. The number of carbonyl (C=O) groups excluding carboxylic acids is 1. The van der Waals surface area contributed by atoms with Crippen LogP contribution >= 0.6 is 11.6 Å². The van der Waals surface area contributed by atoms with Crippen LogP contribution in [-0.4, -0.2) is 49.9 Å². The van der Waals surface area contributed by atoms with Crippen molar-refractivity contribution in [3.05, 3.63) is 17.8 Å². The Hall–Kier alpha value is -1.61. The molecule has 0 aliphatic carbocycles. The molecule has 4 heterocycles. The zero-order valence-corrected chi connectivity index (χ0v) is 12.6. The first-order valence-electron chi connectivity index (χ1n) is 6.79.